The van der Waals surface area contributed by atoms with Gasteiger partial charge >= 0.3 is 0 Å². The second-order valence-electron chi connectivity index (χ2n) is 5.46. The maximum Gasteiger partial charge on any atom is 0.0847 e. The lowest BCUT2D eigenvalue weighted by Gasteiger charge is -2.12. The third-order valence-electron chi connectivity index (χ3n) is 3.60. The van der Waals surface area contributed by atoms with Gasteiger partial charge in [-0.25, -0.2) is 0 Å². The number of nitrogens with two attached hydrogens (primary N) is 1. The van der Waals surface area contributed by atoms with Gasteiger partial charge in [-0.2, -0.15) is 5.10 Å². The van der Waals surface area contributed by atoms with Crippen molar-refractivity contribution < 1.29 is 0 Å². The highest BCUT2D eigenvalue weighted by Gasteiger charge is 2.14. The zero-order valence-electron chi connectivity index (χ0n) is 12.4. The monoisotopic (exact) mass is 291 g/mol. The van der Waals surface area contributed by atoms with Crippen molar-refractivity contribution in [2.75, 3.05) is 0 Å². The average molecular weight is 292 g/mol. The van der Waals surface area contributed by atoms with Gasteiger partial charge in [0.05, 0.1) is 16.4 Å². The van der Waals surface area contributed by atoms with E-state index in [-0.39, 0.29) is 6.04 Å². The summed E-state index contributed by atoms with van der Waals surface area (Å²) in [5.41, 5.74) is 10.8. The SMILES string of the molecule is Cc1cccc(CCC(N)Cc2c(Cl)c(C)nn2C)c1. The highest BCUT2D eigenvalue weighted by atomic mass is 35.5. The zero-order chi connectivity index (χ0) is 14.7. The fraction of sp³-hybridized carbons (Fsp3) is 0.438. The van der Waals surface area contributed by atoms with Gasteiger partial charge in [0.15, 0.2) is 0 Å². The third-order valence-corrected chi connectivity index (χ3v) is 4.10. The Morgan fingerprint density at radius 2 is 2.10 bits per heavy atom. The Kier molecular flexibility index (Phi) is 4.84. The van der Waals surface area contributed by atoms with Crippen LogP contribution in [0.25, 0.3) is 0 Å². The van der Waals surface area contributed by atoms with Gasteiger partial charge < -0.3 is 5.73 Å². The van der Waals surface area contributed by atoms with Gasteiger partial charge in [0.1, 0.15) is 0 Å². The van der Waals surface area contributed by atoms with Crippen LogP contribution in [0.1, 0.15) is 28.9 Å². The minimum absolute atomic E-state index is 0.0998. The van der Waals surface area contributed by atoms with Gasteiger partial charge in [-0.3, -0.25) is 4.68 Å². The molecule has 0 saturated carbocycles. The van der Waals surface area contributed by atoms with E-state index >= 15 is 0 Å². The Bertz CT molecular complexity index is 589. The molecular weight excluding hydrogens is 270 g/mol. The average Bonchev–Trinajstić information content (AvgIpc) is 2.63. The number of rotatable bonds is 5. The van der Waals surface area contributed by atoms with Gasteiger partial charge in [-0.1, -0.05) is 41.4 Å². The molecule has 0 fully saturated rings. The molecule has 1 unspecified atom stereocenters. The predicted molar refractivity (Wildman–Crippen MR) is 84.1 cm³/mol. The molecule has 0 amide bonds. The molecule has 2 rings (SSSR count). The summed E-state index contributed by atoms with van der Waals surface area (Å²) >= 11 is 6.26. The number of nitrogens with zero attached hydrogens (tertiary/aromatic N) is 2. The zero-order valence-corrected chi connectivity index (χ0v) is 13.1. The highest BCUT2D eigenvalue weighted by molar-refractivity contribution is 6.31. The third kappa shape index (κ3) is 3.62. The molecule has 0 radical (unpaired) electrons. The molecule has 3 nitrogen and oxygen atoms in total. The Balaban J connectivity index is 1.94. The van der Waals surface area contributed by atoms with Crippen LogP contribution in [0.5, 0.6) is 0 Å². The van der Waals surface area contributed by atoms with Crippen LogP contribution in [0.4, 0.5) is 0 Å². The first-order valence-electron chi connectivity index (χ1n) is 6.96. The molecule has 1 aromatic carbocycles. The van der Waals surface area contributed by atoms with Crippen molar-refractivity contribution in [2.45, 2.75) is 39.2 Å². The Morgan fingerprint density at radius 3 is 2.70 bits per heavy atom. The molecule has 108 valence electrons. The largest absolute Gasteiger partial charge is 0.327 e. The van der Waals surface area contributed by atoms with Crippen LogP contribution < -0.4 is 5.73 Å². The number of halogens is 1. The van der Waals surface area contributed by atoms with E-state index in [9.17, 15) is 0 Å². The Labute approximate surface area is 125 Å². The van der Waals surface area contributed by atoms with E-state index in [0.29, 0.717) is 0 Å². The molecule has 1 atom stereocenters. The van der Waals surface area contributed by atoms with Crippen LogP contribution in [-0.4, -0.2) is 15.8 Å². The van der Waals surface area contributed by atoms with E-state index in [1.165, 1.54) is 11.1 Å². The fourth-order valence-electron chi connectivity index (χ4n) is 2.47. The number of hydrogen-bond acceptors (Lipinski definition) is 2. The van der Waals surface area contributed by atoms with E-state index in [4.69, 9.17) is 17.3 Å². The number of hydrogen-bond donors (Lipinski definition) is 1. The molecule has 0 aliphatic carbocycles. The van der Waals surface area contributed by atoms with E-state index in [1.807, 2.05) is 18.7 Å². The maximum atomic E-state index is 6.26. The van der Waals surface area contributed by atoms with Gasteiger partial charge in [-0.05, 0) is 32.3 Å². The minimum atomic E-state index is 0.0998. The van der Waals surface area contributed by atoms with Gasteiger partial charge in [-0.15, -0.1) is 0 Å². The van der Waals surface area contributed by atoms with Crippen LogP contribution in [0.15, 0.2) is 24.3 Å². The number of benzene rings is 1. The van der Waals surface area contributed by atoms with Crippen molar-refractivity contribution >= 4 is 11.6 Å². The summed E-state index contributed by atoms with van der Waals surface area (Å²) in [7, 11) is 1.92. The summed E-state index contributed by atoms with van der Waals surface area (Å²) in [6.07, 6.45) is 2.71. The minimum Gasteiger partial charge on any atom is -0.327 e. The summed E-state index contributed by atoms with van der Waals surface area (Å²) in [6, 6.07) is 8.68. The first-order chi connectivity index (χ1) is 9.47. The van der Waals surface area contributed by atoms with E-state index in [2.05, 4.69) is 36.3 Å². The molecule has 0 bridgehead atoms. The smallest absolute Gasteiger partial charge is 0.0847 e. The molecular formula is C16H22ClN3. The molecule has 0 aliphatic rings. The predicted octanol–water partition coefficient (Wildman–Crippen LogP) is 3.19. The molecule has 0 spiro atoms. The highest BCUT2D eigenvalue weighted by Crippen LogP contribution is 2.21. The molecule has 0 saturated heterocycles. The van der Waals surface area contributed by atoms with Crippen molar-refractivity contribution in [1.82, 2.24) is 9.78 Å². The van der Waals surface area contributed by atoms with Crippen LogP contribution in [-0.2, 0) is 19.9 Å². The summed E-state index contributed by atoms with van der Waals surface area (Å²) in [5, 5.41) is 5.07. The molecule has 20 heavy (non-hydrogen) atoms. The van der Waals surface area contributed by atoms with Crippen molar-refractivity contribution in [2.24, 2.45) is 12.8 Å². The van der Waals surface area contributed by atoms with E-state index in [1.54, 1.807) is 0 Å². The lowest BCUT2D eigenvalue weighted by molar-refractivity contribution is 0.578. The maximum absolute atomic E-state index is 6.26. The summed E-state index contributed by atoms with van der Waals surface area (Å²) in [4.78, 5) is 0. The van der Waals surface area contributed by atoms with Gasteiger partial charge in [0.25, 0.3) is 0 Å². The van der Waals surface area contributed by atoms with E-state index in [0.717, 1.165) is 35.7 Å². The fourth-order valence-corrected chi connectivity index (χ4v) is 2.71. The molecule has 2 aromatic rings. The van der Waals surface area contributed by atoms with Crippen LogP contribution >= 0.6 is 11.6 Å². The standard InChI is InChI=1S/C16H22ClN3/c1-11-5-4-6-13(9-11)7-8-14(18)10-15-16(17)12(2)19-20(15)3/h4-6,9,14H,7-8,10,18H2,1-3H3. The van der Waals surface area contributed by atoms with E-state index < -0.39 is 0 Å². The lowest BCUT2D eigenvalue weighted by Crippen LogP contribution is -2.25. The van der Waals surface area contributed by atoms with Crippen LogP contribution in [0.3, 0.4) is 0 Å². The van der Waals surface area contributed by atoms with Crippen LogP contribution in [0, 0.1) is 13.8 Å². The van der Waals surface area contributed by atoms with Crippen molar-refractivity contribution in [3.63, 3.8) is 0 Å². The molecule has 1 aromatic heterocycles. The molecule has 1 heterocycles. The summed E-state index contributed by atoms with van der Waals surface area (Å²) in [6.45, 7) is 4.03. The summed E-state index contributed by atoms with van der Waals surface area (Å²) < 4.78 is 1.84. The molecule has 0 aliphatic heterocycles. The first kappa shape index (κ1) is 15.1. The Hall–Kier alpha value is -1.32. The second kappa shape index (κ2) is 6.42. The normalized spacial score (nSPS) is 12.7. The number of aromatic nitrogens is 2. The molecule has 4 heteroatoms. The Morgan fingerprint density at radius 1 is 1.35 bits per heavy atom. The second-order valence-corrected chi connectivity index (χ2v) is 5.84. The lowest BCUT2D eigenvalue weighted by atomic mass is 10.0. The van der Waals surface area contributed by atoms with Gasteiger partial charge in [0, 0.05) is 19.5 Å². The topological polar surface area (TPSA) is 43.8 Å². The van der Waals surface area contributed by atoms with Crippen molar-refractivity contribution in [1.29, 1.82) is 0 Å². The number of aryl methyl sites for hydroxylation is 4. The van der Waals surface area contributed by atoms with Crippen LogP contribution in [0.2, 0.25) is 5.02 Å². The van der Waals surface area contributed by atoms with Crippen molar-refractivity contribution in [3.05, 3.63) is 51.8 Å². The van der Waals surface area contributed by atoms with Gasteiger partial charge in [0.2, 0.25) is 0 Å². The quantitative estimate of drug-likeness (QED) is 0.919. The first-order valence-corrected chi connectivity index (χ1v) is 7.34. The van der Waals surface area contributed by atoms with Crippen molar-refractivity contribution in [3.8, 4) is 0 Å². The molecule has 2 N–H and O–H groups in total. The summed E-state index contributed by atoms with van der Waals surface area (Å²) in [5.74, 6) is 0.